The number of nitrogens with zero attached hydrogens (tertiary/aromatic N) is 2. The monoisotopic (exact) mass is 599 g/mol. The average molecular weight is 601 g/mol. The molecule has 2 amide bonds. The first kappa shape index (κ1) is 28.3. The predicted molar refractivity (Wildman–Crippen MR) is 145 cm³/mol. The molecular weight excluding hydrogens is 570 g/mol. The molecule has 0 spiro atoms. The van der Waals surface area contributed by atoms with Crippen molar-refractivity contribution in [2.24, 2.45) is 0 Å². The van der Waals surface area contributed by atoms with E-state index in [0.717, 1.165) is 46.3 Å². The maximum Gasteiger partial charge on any atom is 0.244 e. The molecule has 0 heterocycles. The van der Waals surface area contributed by atoms with Crippen LogP contribution >= 0.6 is 27.5 Å². The molecule has 11 heteroatoms. The third-order valence-electron chi connectivity index (χ3n) is 6.20. The summed E-state index contributed by atoms with van der Waals surface area (Å²) in [6.07, 6.45) is 4.95. The van der Waals surface area contributed by atoms with Gasteiger partial charge in [0, 0.05) is 22.1 Å². The van der Waals surface area contributed by atoms with Crippen molar-refractivity contribution < 1.29 is 22.7 Å². The highest BCUT2D eigenvalue weighted by Crippen LogP contribution is 2.33. The molecule has 1 atom stereocenters. The summed E-state index contributed by atoms with van der Waals surface area (Å²) in [5.74, 6) is -0.545. The number of halogens is 2. The van der Waals surface area contributed by atoms with E-state index in [9.17, 15) is 18.0 Å². The van der Waals surface area contributed by atoms with Gasteiger partial charge in [-0.2, -0.15) is 0 Å². The first-order chi connectivity index (χ1) is 17.0. The van der Waals surface area contributed by atoms with Gasteiger partial charge in [-0.05, 0) is 55.7 Å². The van der Waals surface area contributed by atoms with Gasteiger partial charge in [0.25, 0.3) is 0 Å². The van der Waals surface area contributed by atoms with Crippen molar-refractivity contribution in [3.63, 3.8) is 0 Å². The summed E-state index contributed by atoms with van der Waals surface area (Å²) in [6, 6.07) is 11.2. The molecule has 2 aromatic carbocycles. The minimum Gasteiger partial charge on any atom is -0.495 e. The number of carbonyl (C=O) groups is 2. The molecule has 1 saturated carbocycles. The minimum absolute atomic E-state index is 0.0889. The first-order valence-electron chi connectivity index (χ1n) is 11.6. The molecule has 1 unspecified atom stereocenters. The second-order valence-electron chi connectivity index (χ2n) is 8.90. The van der Waals surface area contributed by atoms with Crippen molar-refractivity contribution in [2.45, 2.75) is 51.2 Å². The lowest BCUT2D eigenvalue weighted by atomic mass is 10.1. The fourth-order valence-electron chi connectivity index (χ4n) is 4.26. The van der Waals surface area contributed by atoms with E-state index in [0.29, 0.717) is 5.02 Å². The Hall–Kier alpha value is -2.30. The highest BCUT2D eigenvalue weighted by Gasteiger charge is 2.32. The van der Waals surface area contributed by atoms with Crippen LogP contribution in [0.3, 0.4) is 0 Å². The van der Waals surface area contributed by atoms with E-state index in [1.165, 1.54) is 24.1 Å². The number of nitrogens with one attached hydrogen (secondary N) is 1. The number of amides is 2. The maximum absolute atomic E-state index is 13.7. The number of carbonyl (C=O) groups excluding carboxylic acids is 2. The van der Waals surface area contributed by atoms with Gasteiger partial charge in [0.2, 0.25) is 21.8 Å². The second-order valence-corrected chi connectivity index (χ2v) is 12.2. The zero-order chi connectivity index (χ0) is 26.5. The summed E-state index contributed by atoms with van der Waals surface area (Å²) in [4.78, 5) is 28.2. The van der Waals surface area contributed by atoms with E-state index in [2.05, 4.69) is 21.2 Å². The molecule has 3 rings (SSSR count). The van der Waals surface area contributed by atoms with E-state index in [-0.39, 0.29) is 29.9 Å². The fourth-order valence-corrected chi connectivity index (χ4v) is 5.72. The molecule has 8 nitrogen and oxygen atoms in total. The predicted octanol–water partition coefficient (Wildman–Crippen LogP) is 4.35. The van der Waals surface area contributed by atoms with Gasteiger partial charge in [-0.3, -0.25) is 13.9 Å². The van der Waals surface area contributed by atoms with Crippen LogP contribution in [0.2, 0.25) is 5.02 Å². The number of sulfonamides is 1. The van der Waals surface area contributed by atoms with Crippen LogP contribution in [0.4, 0.5) is 5.69 Å². The van der Waals surface area contributed by atoms with Gasteiger partial charge in [-0.1, -0.05) is 52.5 Å². The zero-order valence-electron chi connectivity index (χ0n) is 20.5. The molecule has 2 aromatic rings. The molecule has 0 bridgehead atoms. The molecule has 0 saturated heterocycles. The topological polar surface area (TPSA) is 96.0 Å². The summed E-state index contributed by atoms with van der Waals surface area (Å²) in [6.45, 7) is 1.26. The standard InChI is InChI=1S/C25H31BrClN3O5S/c1-17(25(32)28-21-9-4-5-10-21)29(15-18-7-6-8-19(26)13-18)24(31)16-30(36(3,33)34)22-14-20(27)11-12-23(22)35-2/h6-8,11-14,17,21H,4-5,9-10,15-16H2,1-3H3,(H,28,32). The van der Waals surface area contributed by atoms with Crippen LogP contribution in [0, 0.1) is 0 Å². The van der Waals surface area contributed by atoms with Crippen molar-refractivity contribution in [3.8, 4) is 5.75 Å². The van der Waals surface area contributed by atoms with Gasteiger partial charge in [0.15, 0.2) is 0 Å². The molecule has 1 aliphatic rings. The summed E-state index contributed by atoms with van der Waals surface area (Å²) in [5.41, 5.74) is 0.941. The Kier molecular flexibility index (Phi) is 9.66. The van der Waals surface area contributed by atoms with E-state index >= 15 is 0 Å². The normalized spacial score (nSPS) is 14.8. The third-order valence-corrected chi connectivity index (χ3v) is 8.05. The zero-order valence-corrected chi connectivity index (χ0v) is 23.7. The highest BCUT2D eigenvalue weighted by atomic mass is 79.9. The molecule has 1 N–H and O–H groups in total. The van der Waals surface area contributed by atoms with Crippen LogP contribution in [0.25, 0.3) is 0 Å². The van der Waals surface area contributed by atoms with E-state index < -0.39 is 28.5 Å². The lowest BCUT2D eigenvalue weighted by Crippen LogP contribution is -2.52. The van der Waals surface area contributed by atoms with Gasteiger partial charge >= 0.3 is 0 Å². The van der Waals surface area contributed by atoms with E-state index in [4.69, 9.17) is 16.3 Å². The second kappa shape index (κ2) is 12.3. The first-order valence-corrected chi connectivity index (χ1v) is 14.7. The number of hydrogen-bond acceptors (Lipinski definition) is 5. The maximum atomic E-state index is 13.7. The number of hydrogen-bond donors (Lipinski definition) is 1. The van der Waals surface area contributed by atoms with Crippen molar-refractivity contribution >= 4 is 55.1 Å². The Labute approximate surface area is 226 Å². The summed E-state index contributed by atoms with van der Waals surface area (Å²) in [7, 11) is -2.49. The SMILES string of the molecule is COc1ccc(Cl)cc1N(CC(=O)N(Cc1cccc(Br)c1)C(C)C(=O)NC1CCCC1)S(C)(=O)=O. The van der Waals surface area contributed by atoms with E-state index in [1.807, 2.05) is 24.3 Å². The summed E-state index contributed by atoms with van der Waals surface area (Å²) >= 11 is 9.57. The average Bonchev–Trinajstić information content (AvgIpc) is 3.32. The molecule has 0 aliphatic heterocycles. The van der Waals surface area contributed by atoms with Crippen LogP contribution in [-0.4, -0.2) is 57.1 Å². The Bertz CT molecular complexity index is 1200. The van der Waals surface area contributed by atoms with Crippen LogP contribution in [-0.2, 0) is 26.2 Å². The fraction of sp³-hybridized carbons (Fsp3) is 0.440. The van der Waals surface area contributed by atoms with Crippen LogP contribution in [0.15, 0.2) is 46.9 Å². The Morgan fingerprint density at radius 1 is 1.19 bits per heavy atom. The summed E-state index contributed by atoms with van der Waals surface area (Å²) in [5, 5.41) is 3.33. The molecule has 0 aromatic heterocycles. The lowest BCUT2D eigenvalue weighted by molar-refractivity contribution is -0.139. The number of anilines is 1. The molecule has 36 heavy (non-hydrogen) atoms. The number of rotatable bonds is 10. The van der Waals surface area contributed by atoms with Gasteiger partial charge in [0.1, 0.15) is 18.3 Å². The number of methoxy groups -OCH3 is 1. The largest absolute Gasteiger partial charge is 0.495 e. The number of benzene rings is 2. The number of ether oxygens (including phenoxy) is 1. The van der Waals surface area contributed by atoms with Crippen molar-refractivity contribution in [1.29, 1.82) is 0 Å². The van der Waals surface area contributed by atoms with Gasteiger partial charge in [-0.15, -0.1) is 0 Å². The van der Waals surface area contributed by atoms with Gasteiger partial charge in [-0.25, -0.2) is 8.42 Å². The van der Waals surface area contributed by atoms with Crippen molar-refractivity contribution in [1.82, 2.24) is 10.2 Å². The molecule has 0 radical (unpaired) electrons. The van der Waals surface area contributed by atoms with Crippen LogP contribution < -0.4 is 14.4 Å². The molecule has 1 aliphatic carbocycles. The molecule has 1 fully saturated rings. The Morgan fingerprint density at radius 2 is 1.89 bits per heavy atom. The van der Waals surface area contributed by atoms with Crippen LogP contribution in [0.5, 0.6) is 5.75 Å². The third kappa shape index (κ3) is 7.36. The summed E-state index contributed by atoms with van der Waals surface area (Å²) < 4.78 is 32.7. The Morgan fingerprint density at radius 3 is 2.50 bits per heavy atom. The molecular formula is C25H31BrClN3O5S. The van der Waals surface area contributed by atoms with Crippen molar-refractivity contribution in [2.75, 3.05) is 24.2 Å². The highest BCUT2D eigenvalue weighted by molar-refractivity contribution is 9.10. The van der Waals surface area contributed by atoms with Crippen LogP contribution in [0.1, 0.15) is 38.2 Å². The quantitative estimate of drug-likeness (QED) is 0.437. The Balaban J connectivity index is 1.93. The minimum atomic E-state index is -3.90. The smallest absolute Gasteiger partial charge is 0.244 e. The van der Waals surface area contributed by atoms with Gasteiger partial charge in [0.05, 0.1) is 19.1 Å². The molecule has 196 valence electrons. The van der Waals surface area contributed by atoms with Crippen molar-refractivity contribution in [3.05, 3.63) is 57.5 Å². The lowest BCUT2D eigenvalue weighted by Gasteiger charge is -2.32. The van der Waals surface area contributed by atoms with Gasteiger partial charge < -0.3 is 15.0 Å². The van der Waals surface area contributed by atoms with E-state index in [1.54, 1.807) is 13.0 Å².